The van der Waals surface area contributed by atoms with E-state index in [1.807, 2.05) is 0 Å². The van der Waals surface area contributed by atoms with E-state index in [-0.39, 0.29) is 0 Å². The highest BCUT2D eigenvalue weighted by Gasteiger charge is 2.29. The maximum atomic E-state index is 6.06. The lowest BCUT2D eigenvalue weighted by Crippen LogP contribution is -2.31. The summed E-state index contributed by atoms with van der Waals surface area (Å²) in [6.07, 6.45) is 8.60. The van der Waals surface area contributed by atoms with Gasteiger partial charge in [-0.15, -0.1) is 0 Å². The van der Waals surface area contributed by atoms with Gasteiger partial charge in [-0.1, -0.05) is 20.8 Å². The van der Waals surface area contributed by atoms with Gasteiger partial charge in [0, 0.05) is 6.54 Å². The molecule has 0 bridgehead atoms. The largest absolute Gasteiger partial charge is 0.377 e. The molecule has 0 amide bonds. The first kappa shape index (κ1) is 14.3. The molecule has 1 aliphatic carbocycles. The molecule has 0 atom stereocenters. The van der Waals surface area contributed by atoms with Crippen LogP contribution < -0.4 is 0 Å². The highest BCUT2D eigenvalue weighted by molar-refractivity contribution is 4.81. The molecule has 0 aromatic heterocycles. The molecule has 2 rings (SSSR count). The summed E-state index contributed by atoms with van der Waals surface area (Å²) in [5.74, 6) is 0.899. The van der Waals surface area contributed by atoms with Gasteiger partial charge < -0.3 is 9.64 Å². The molecule has 0 radical (unpaired) electrons. The minimum Gasteiger partial charge on any atom is -0.377 e. The van der Waals surface area contributed by atoms with Crippen LogP contribution in [0.2, 0.25) is 0 Å². The average molecular weight is 253 g/mol. The van der Waals surface area contributed by atoms with Crippen LogP contribution in [0.1, 0.15) is 59.3 Å². The highest BCUT2D eigenvalue weighted by atomic mass is 16.5. The van der Waals surface area contributed by atoms with E-state index in [2.05, 4.69) is 25.7 Å². The van der Waals surface area contributed by atoms with Gasteiger partial charge in [-0.3, -0.25) is 0 Å². The summed E-state index contributed by atoms with van der Waals surface area (Å²) >= 11 is 0. The van der Waals surface area contributed by atoms with Gasteiger partial charge in [0.25, 0.3) is 0 Å². The molecule has 2 nitrogen and oxygen atoms in total. The van der Waals surface area contributed by atoms with Crippen molar-refractivity contribution >= 4 is 0 Å². The van der Waals surface area contributed by atoms with Crippen LogP contribution in [0.15, 0.2) is 0 Å². The van der Waals surface area contributed by atoms with Gasteiger partial charge in [-0.2, -0.15) is 0 Å². The summed E-state index contributed by atoms with van der Waals surface area (Å²) in [6, 6.07) is 0. The van der Waals surface area contributed by atoms with Crippen LogP contribution in [-0.2, 0) is 4.74 Å². The standard InChI is InChI=1S/C16H31NO/c1-16(2,3)14-6-8-15(9-7-14)18-13-12-17-10-4-5-11-17/h14-15H,4-13H2,1-3H3. The molecule has 1 saturated carbocycles. The van der Waals surface area contributed by atoms with Gasteiger partial charge in [-0.05, 0) is 62.9 Å². The number of hydrogen-bond donors (Lipinski definition) is 0. The predicted octanol–water partition coefficient (Wildman–Crippen LogP) is 3.70. The second kappa shape index (κ2) is 6.38. The monoisotopic (exact) mass is 253 g/mol. The minimum atomic E-state index is 0.487. The van der Waals surface area contributed by atoms with Crippen molar-refractivity contribution in [2.45, 2.75) is 65.4 Å². The quantitative estimate of drug-likeness (QED) is 0.757. The third-order valence-corrected chi connectivity index (χ3v) is 4.86. The molecule has 1 aliphatic heterocycles. The van der Waals surface area contributed by atoms with Crippen molar-refractivity contribution in [2.24, 2.45) is 11.3 Å². The Kier molecular flexibility index (Phi) is 5.08. The fourth-order valence-electron chi connectivity index (χ4n) is 3.45. The molecular formula is C16H31NO. The second-order valence-corrected chi connectivity index (χ2v) is 7.26. The zero-order valence-corrected chi connectivity index (χ0v) is 12.6. The highest BCUT2D eigenvalue weighted by Crippen LogP contribution is 2.38. The Morgan fingerprint density at radius 3 is 2.17 bits per heavy atom. The van der Waals surface area contributed by atoms with E-state index in [4.69, 9.17) is 4.74 Å². The normalized spacial score (nSPS) is 30.8. The predicted molar refractivity (Wildman–Crippen MR) is 76.8 cm³/mol. The number of likely N-dealkylation sites (tertiary alicyclic amines) is 1. The maximum absolute atomic E-state index is 6.06. The number of ether oxygens (including phenoxy) is 1. The minimum absolute atomic E-state index is 0.487. The summed E-state index contributed by atoms with van der Waals surface area (Å²) in [5, 5.41) is 0. The van der Waals surface area contributed by atoms with Crippen molar-refractivity contribution in [3.05, 3.63) is 0 Å². The Hall–Kier alpha value is -0.0800. The molecule has 0 aromatic carbocycles. The Morgan fingerprint density at radius 1 is 1.00 bits per heavy atom. The SMILES string of the molecule is CC(C)(C)C1CCC(OCCN2CCCC2)CC1. The van der Waals surface area contributed by atoms with E-state index < -0.39 is 0 Å². The van der Waals surface area contributed by atoms with Crippen molar-refractivity contribution in [1.82, 2.24) is 4.90 Å². The van der Waals surface area contributed by atoms with E-state index >= 15 is 0 Å². The molecule has 106 valence electrons. The lowest BCUT2D eigenvalue weighted by molar-refractivity contribution is -0.00299. The fraction of sp³-hybridized carbons (Fsp3) is 1.00. The molecular weight excluding hydrogens is 222 g/mol. The van der Waals surface area contributed by atoms with E-state index in [1.165, 1.54) is 51.6 Å². The third-order valence-electron chi connectivity index (χ3n) is 4.86. The topological polar surface area (TPSA) is 12.5 Å². The molecule has 0 spiro atoms. The van der Waals surface area contributed by atoms with Gasteiger partial charge in [0.1, 0.15) is 0 Å². The zero-order valence-electron chi connectivity index (χ0n) is 12.6. The summed E-state index contributed by atoms with van der Waals surface area (Å²) in [5.41, 5.74) is 0.487. The van der Waals surface area contributed by atoms with E-state index in [0.29, 0.717) is 11.5 Å². The number of rotatable bonds is 4. The van der Waals surface area contributed by atoms with Crippen LogP contribution in [-0.4, -0.2) is 37.2 Å². The van der Waals surface area contributed by atoms with E-state index in [0.717, 1.165) is 19.1 Å². The Labute approximate surface area is 113 Å². The summed E-state index contributed by atoms with van der Waals surface area (Å²) in [4.78, 5) is 2.54. The third kappa shape index (κ3) is 4.24. The van der Waals surface area contributed by atoms with Crippen LogP contribution in [0.4, 0.5) is 0 Å². The summed E-state index contributed by atoms with van der Waals surface area (Å²) in [6.45, 7) is 11.8. The number of hydrogen-bond acceptors (Lipinski definition) is 2. The van der Waals surface area contributed by atoms with E-state index in [1.54, 1.807) is 0 Å². The molecule has 2 aliphatic rings. The molecule has 18 heavy (non-hydrogen) atoms. The van der Waals surface area contributed by atoms with Crippen molar-refractivity contribution in [3.8, 4) is 0 Å². The van der Waals surface area contributed by atoms with Gasteiger partial charge in [0.2, 0.25) is 0 Å². The van der Waals surface area contributed by atoms with Crippen LogP contribution in [0, 0.1) is 11.3 Å². The van der Waals surface area contributed by atoms with E-state index in [9.17, 15) is 0 Å². The molecule has 2 fully saturated rings. The molecule has 0 aromatic rings. The van der Waals surface area contributed by atoms with Gasteiger partial charge in [0.05, 0.1) is 12.7 Å². The fourth-order valence-corrected chi connectivity index (χ4v) is 3.45. The van der Waals surface area contributed by atoms with Gasteiger partial charge >= 0.3 is 0 Å². The molecule has 2 heteroatoms. The van der Waals surface area contributed by atoms with Crippen LogP contribution in [0.3, 0.4) is 0 Å². The summed E-state index contributed by atoms with van der Waals surface area (Å²) < 4.78 is 6.06. The average Bonchev–Trinajstić information content (AvgIpc) is 2.82. The lowest BCUT2D eigenvalue weighted by atomic mass is 9.72. The molecule has 0 N–H and O–H groups in total. The summed E-state index contributed by atoms with van der Waals surface area (Å²) in [7, 11) is 0. The molecule has 1 saturated heterocycles. The smallest absolute Gasteiger partial charge is 0.0597 e. The first-order valence-corrected chi connectivity index (χ1v) is 7.89. The number of nitrogens with zero attached hydrogens (tertiary/aromatic N) is 1. The Balaban J connectivity index is 1.58. The van der Waals surface area contributed by atoms with Crippen molar-refractivity contribution in [2.75, 3.05) is 26.2 Å². The molecule has 1 heterocycles. The van der Waals surface area contributed by atoms with Crippen molar-refractivity contribution in [3.63, 3.8) is 0 Å². The van der Waals surface area contributed by atoms with Crippen molar-refractivity contribution in [1.29, 1.82) is 0 Å². The van der Waals surface area contributed by atoms with Gasteiger partial charge in [-0.25, -0.2) is 0 Å². The van der Waals surface area contributed by atoms with Crippen molar-refractivity contribution < 1.29 is 4.74 Å². The van der Waals surface area contributed by atoms with Crippen LogP contribution in [0.25, 0.3) is 0 Å². The Bertz CT molecular complexity index is 232. The second-order valence-electron chi connectivity index (χ2n) is 7.26. The van der Waals surface area contributed by atoms with Crippen LogP contribution >= 0.6 is 0 Å². The first-order chi connectivity index (χ1) is 8.55. The first-order valence-electron chi connectivity index (χ1n) is 7.89. The Morgan fingerprint density at radius 2 is 1.61 bits per heavy atom. The lowest BCUT2D eigenvalue weighted by Gasteiger charge is -2.37. The van der Waals surface area contributed by atoms with Crippen LogP contribution in [0.5, 0.6) is 0 Å². The molecule has 0 unspecified atom stereocenters. The van der Waals surface area contributed by atoms with Gasteiger partial charge in [0.15, 0.2) is 0 Å². The zero-order chi connectivity index (χ0) is 13.0. The maximum Gasteiger partial charge on any atom is 0.0597 e.